The fraction of sp³-hybridized carbons (Fsp3) is 0.348. The fourth-order valence-corrected chi connectivity index (χ4v) is 4.49. The van der Waals surface area contributed by atoms with Gasteiger partial charge in [0.25, 0.3) is 17.5 Å². The number of aryl methyl sites for hydroxylation is 1. The smallest absolute Gasteiger partial charge is 0.271 e. The molecule has 1 fully saturated rings. The van der Waals surface area contributed by atoms with Crippen LogP contribution in [-0.4, -0.2) is 34.1 Å². The summed E-state index contributed by atoms with van der Waals surface area (Å²) in [5, 5.41) is 13.9. The van der Waals surface area contributed by atoms with Crippen LogP contribution < -0.4 is 5.32 Å². The van der Waals surface area contributed by atoms with E-state index in [1.165, 1.54) is 17.0 Å². The Morgan fingerprint density at radius 1 is 1.10 bits per heavy atom. The first-order valence-corrected chi connectivity index (χ1v) is 10.4. The Labute approximate surface area is 179 Å². The maximum Gasteiger partial charge on any atom is 0.271 e. The number of nitrogens with zero attached hydrogens (tertiary/aromatic N) is 2. The van der Waals surface area contributed by atoms with Gasteiger partial charge < -0.3 is 5.32 Å². The molecule has 1 heterocycles. The molecule has 1 aliphatic carbocycles. The van der Waals surface area contributed by atoms with Crippen LogP contribution in [0.25, 0.3) is 0 Å². The number of nitro groups is 1. The van der Waals surface area contributed by atoms with Crippen molar-refractivity contribution < 1.29 is 19.3 Å². The predicted molar refractivity (Wildman–Crippen MR) is 114 cm³/mol. The van der Waals surface area contributed by atoms with Crippen molar-refractivity contribution in [3.63, 3.8) is 0 Å². The van der Waals surface area contributed by atoms with Gasteiger partial charge in [-0.25, -0.2) is 0 Å². The highest BCUT2D eigenvalue weighted by atomic mass is 16.6. The maximum absolute atomic E-state index is 13.1. The highest BCUT2D eigenvalue weighted by molar-refractivity contribution is 6.21. The van der Waals surface area contributed by atoms with Crippen LogP contribution in [0.4, 0.5) is 11.4 Å². The van der Waals surface area contributed by atoms with Crippen molar-refractivity contribution in [2.75, 3.05) is 11.9 Å². The Morgan fingerprint density at radius 3 is 2.39 bits per heavy atom. The van der Waals surface area contributed by atoms with E-state index < -0.39 is 4.92 Å². The second kappa shape index (κ2) is 8.29. The van der Waals surface area contributed by atoms with Gasteiger partial charge in [-0.05, 0) is 43.4 Å². The van der Waals surface area contributed by atoms with Gasteiger partial charge in [-0.15, -0.1) is 0 Å². The molecule has 2 aliphatic rings. The summed E-state index contributed by atoms with van der Waals surface area (Å²) in [5.74, 6) is -1.41. The van der Waals surface area contributed by atoms with Crippen LogP contribution in [0.1, 0.15) is 52.0 Å². The monoisotopic (exact) mass is 421 g/mol. The zero-order valence-electron chi connectivity index (χ0n) is 17.2. The molecule has 0 radical (unpaired) electrons. The molecule has 4 rings (SSSR count). The van der Waals surface area contributed by atoms with Crippen LogP contribution in [0.5, 0.6) is 0 Å². The van der Waals surface area contributed by atoms with Crippen LogP contribution in [0.3, 0.4) is 0 Å². The van der Waals surface area contributed by atoms with Crippen LogP contribution >= 0.6 is 0 Å². The third kappa shape index (κ3) is 3.93. The lowest BCUT2D eigenvalue weighted by molar-refractivity contribution is -0.384. The molecule has 0 saturated heterocycles. The summed E-state index contributed by atoms with van der Waals surface area (Å²) in [6, 6.07) is 11.1. The second-order valence-corrected chi connectivity index (χ2v) is 8.16. The van der Waals surface area contributed by atoms with Gasteiger partial charge in [-0.1, -0.05) is 31.0 Å². The zero-order valence-corrected chi connectivity index (χ0v) is 17.2. The summed E-state index contributed by atoms with van der Waals surface area (Å²) in [7, 11) is 0. The normalized spacial score (nSPS) is 20.5. The molecule has 8 heteroatoms. The second-order valence-electron chi connectivity index (χ2n) is 8.16. The largest absolute Gasteiger partial charge is 0.325 e. The molecular weight excluding hydrogens is 398 g/mol. The summed E-state index contributed by atoms with van der Waals surface area (Å²) >= 11 is 0. The quantitative estimate of drug-likeness (QED) is 0.447. The molecule has 2 atom stereocenters. The highest BCUT2D eigenvalue weighted by Gasteiger charge is 2.40. The van der Waals surface area contributed by atoms with E-state index in [9.17, 15) is 24.5 Å². The number of fused-ring (bicyclic) bond motifs is 1. The van der Waals surface area contributed by atoms with Crippen molar-refractivity contribution in [1.29, 1.82) is 0 Å². The van der Waals surface area contributed by atoms with Gasteiger partial charge in [0.2, 0.25) is 5.91 Å². The van der Waals surface area contributed by atoms with Crippen molar-refractivity contribution >= 4 is 29.1 Å². The summed E-state index contributed by atoms with van der Waals surface area (Å²) < 4.78 is 0. The summed E-state index contributed by atoms with van der Waals surface area (Å²) in [5.41, 5.74) is 1.84. The predicted octanol–water partition coefficient (Wildman–Crippen LogP) is 3.94. The molecule has 2 unspecified atom stereocenters. The highest BCUT2D eigenvalue weighted by Crippen LogP contribution is 2.34. The minimum absolute atomic E-state index is 0.0906. The molecule has 2 aromatic rings. The molecule has 160 valence electrons. The number of hydrogen-bond donors (Lipinski definition) is 1. The summed E-state index contributed by atoms with van der Waals surface area (Å²) in [4.78, 5) is 50.4. The van der Waals surface area contributed by atoms with E-state index >= 15 is 0 Å². The van der Waals surface area contributed by atoms with E-state index in [1.54, 1.807) is 37.3 Å². The Morgan fingerprint density at radius 2 is 1.74 bits per heavy atom. The number of amides is 3. The van der Waals surface area contributed by atoms with Crippen molar-refractivity contribution in [2.45, 2.75) is 32.6 Å². The lowest BCUT2D eigenvalue weighted by Gasteiger charge is -2.33. The fourth-order valence-electron chi connectivity index (χ4n) is 4.49. The first-order chi connectivity index (χ1) is 14.9. The van der Waals surface area contributed by atoms with Crippen molar-refractivity contribution in [3.05, 3.63) is 69.3 Å². The molecule has 1 saturated carbocycles. The average Bonchev–Trinajstić information content (AvgIpc) is 3.00. The molecule has 0 aromatic heterocycles. The Bertz CT molecular complexity index is 1050. The van der Waals surface area contributed by atoms with Crippen LogP contribution in [0.2, 0.25) is 0 Å². The third-order valence-corrected chi connectivity index (χ3v) is 6.23. The molecule has 31 heavy (non-hydrogen) atoms. The Hall–Kier alpha value is -3.55. The van der Waals surface area contributed by atoms with E-state index in [1.807, 2.05) is 0 Å². The molecule has 3 amide bonds. The molecule has 1 N–H and O–H groups in total. The van der Waals surface area contributed by atoms with Crippen LogP contribution in [0, 0.1) is 28.9 Å². The van der Waals surface area contributed by atoms with Gasteiger partial charge >= 0.3 is 0 Å². The first kappa shape index (κ1) is 20.7. The number of nitro benzene ring substituents is 1. The number of carbonyl (C=O) groups is 3. The minimum Gasteiger partial charge on any atom is -0.325 e. The average molecular weight is 421 g/mol. The number of non-ortho nitro benzene ring substituents is 1. The van der Waals surface area contributed by atoms with Gasteiger partial charge in [0, 0.05) is 24.6 Å². The lowest BCUT2D eigenvalue weighted by atomic mass is 9.78. The van der Waals surface area contributed by atoms with E-state index in [4.69, 9.17) is 0 Å². The van der Waals surface area contributed by atoms with E-state index in [0.29, 0.717) is 23.2 Å². The molecular formula is C23H23N3O5. The van der Waals surface area contributed by atoms with Gasteiger partial charge in [-0.2, -0.15) is 0 Å². The van der Waals surface area contributed by atoms with E-state index in [-0.39, 0.29) is 41.8 Å². The van der Waals surface area contributed by atoms with Crippen molar-refractivity contribution in [1.82, 2.24) is 4.90 Å². The summed E-state index contributed by atoms with van der Waals surface area (Å²) in [6.07, 6.45) is 3.19. The minimum atomic E-state index is -0.499. The third-order valence-electron chi connectivity index (χ3n) is 6.23. The van der Waals surface area contributed by atoms with Crippen LogP contribution in [-0.2, 0) is 4.79 Å². The lowest BCUT2D eigenvalue weighted by Crippen LogP contribution is -2.41. The molecule has 1 aliphatic heterocycles. The van der Waals surface area contributed by atoms with Gasteiger partial charge in [-0.3, -0.25) is 29.4 Å². The van der Waals surface area contributed by atoms with Crippen molar-refractivity contribution in [2.24, 2.45) is 11.8 Å². The Kier molecular flexibility index (Phi) is 5.54. The molecule has 0 spiro atoms. The maximum atomic E-state index is 13.1. The number of nitrogens with one attached hydrogen (secondary N) is 1. The number of hydrogen-bond acceptors (Lipinski definition) is 5. The molecule has 8 nitrogen and oxygen atoms in total. The number of rotatable bonds is 5. The Balaban J connectivity index is 1.51. The standard InChI is InChI=1S/C23H23N3O5/c1-14-10-11-16(26(30)31)12-20(14)24-21(27)17-7-3-2-6-15(17)13-25-22(28)18-8-4-5-9-19(18)23(25)29/h4-5,8-12,15,17H,2-3,6-7,13H2,1H3,(H,24,27). The van der Waals surface area contributed by atoms with Gasteiger partial charge in [0.15, 0.2) is 0 Å². The number of carbonyl (C=O) groups excluding carboxylic acids is 3. The number of imide groups is 1. The molecule has 0 bridgehead atoms. The topological polar surface area (TPSA) is 110 Å². The van der Waals surface area contributed by atoms with Crippen LogP contribution in [0.15, 0.2) is 42.5 Å². The van der Waals surface area contributed by atoms with Gasteiger partial charge in [0.1, 0.15) is 0 Å². The first-order valence-electron chi connectivity index (χ1n) is 10.4. The number of anilines is 1. The number of benzene rings is 2. The van der Waals surface area contributed by atoms with E-state index in [0.717, 1.165) is 24.8 Å². The summed E-state index contributed by atoms with van der Waals surface area (Å²) in [6.45, 7) is 1.97. The van der Waals surface area contributed by atoms with Crippen molar-refractivity contribution in [3.8, 4) is 0 Å². The zero-order chi connectivity index (χ0) is 22.1. The molecule has 2 aromatic carbocycles. The van der Waals surface area contributed by atoms with E-state index in [2.05, 4.69) is 5.32 Å². The SMILES string of the molecule is Cc1ccc([N+](=O)[O-])cc1NC(=O)C1CCCCC1CN1C(=O)c2ccccc2C1=O. The van der Waals surface area contributed by atoms with Gasteiger partial charge in [0.05, 0.1) is 21.7 Å².